The van der Waals surface area contributed by atoms with Crippen LogP contribution >= 0.6 is 0 Å². The number of aromatic hydroxyl groups is 1. The van der Waals surface area contributed by atoms with Gasteiger partial charge < -0.3 is 31.5 Å². The number of phenols is 1. The van der Waals surface area contributed by atoms with E-state index in [9.17, 15) is 39.2 Å². The highest BCUT2D eigenvalue weighted by atomic mass is 19.1. The summed E-state index contributed by atoms with van der Waals surface area (Å²) in [5, 5.41) is 46.2. The number of nitrogens with one attached hydrogen (secondary N) is 1. The van der Waals surface area contributed by atoms with Crippen molar-refractivity contribution in [3.05, 3.63) is 45.7 Å². The number of nitrogens with two attached hydrogens (primary N) is 1. The lowest BCUT2D eigenvalue weighted by molar-refractivity contribution is -0.147. The zero-order chi connectivity index (χ0) is 23.4. The van der Waals surface area contributed by atoms with E-state index in [1.165, 1.54) is 0 Å². The lowest BCUT2D eigenvalue weighted by Gasteiger charge is -2.46. The highest BCUT2D eigenvalue weighted by Gasteiger charge is 2.60. The summed E-state index contributed by atoms with van der Waals surface area (Å²) < 4.78 is 12.4. The first-order chi connectivity index (χ1) is 15.1. The molecule has 10 heteroatoms. The Balaban J connectivity index is 1.83. The van der Waals surface area contributed by atoms with Crippen molar-refractivity contribution in [2.24, 2.45) is 17.6 Å². The van der Waals surface area contributed by atoms with Gasteiger partial charge in [0.1, 0.15) is 29.5 Å². The highest BCUT2D eigenvalue weighted by Crippen LogP contribution is 2.52. The van der Waals surface area contributed by atoms with Crippen molar-refractivity contribution < 1.29 is 39.2 Å². The van der Waals surface area contributed by atoms with Crippen LogP contribution in [-0.2, 0) is 27.3 Å². The Labute approximate surface area is 182 Å². The quantitative estimate of drug-likeness (QED) is 0.280. The van der Waals surface area contributed by atoms with Crippen LogP contribution in [0.5, 0.6) is 5.75 Å². The maximum Gasteiger partial charge on any atom is 0.255 e. The topological polar surface area (TPSA) is 170 Å². The minimum atomic E-state index is -2.58. The van der Waals surface area contributed by atoms with Gasteiger partial charge in [0.15, 0.2) is 11.4 Å². The monoisotopic (exact) mass is 446 g/mol. The van der Waals surface area contributed by atoms with E-state index in [2.05, 4.69) is 5.32 Å². The normalized spacial score (nSPS) is 27.2. The van der Waals surface area contributed by atoms with Crippen LogP contribution in [0, 0.1) is 11.8 Å². The van der Waals surface area contributed by atoms with Gasteiger partial charge in [-0.3, -0.25) is 14.4 Å². The third-order valence-corrected chi connectivity index (χ3v) is 6.61. The number of carbonyl (C=O) groups excluding carboxylic acids is 3. The summed E-state index contributed by atoms with van der Waals surface area (Å²) in [5.74, 6) is -6.53. The Kier molecular flexibility index (Phi) is 5.30. The van der Waals surface area contributed by atoms with Gasteiger partial charge in [-0.1, -0.05) is 12.1 Å². The molecule has 1 saturated carbocycles. The van der Waals surface area contributed by atoms with E-state index in [0.717, 1.165) is 0 Å². The van der Waals surface area contributed by atoms with Gasteiger partial charge in [-0.05, 0) is 24.3 Å². The number of phenolic OH excluding ortho intramolecular Hbond substituents is 1. The number of ketones is 2. The number of aliphatic hydroxyl groups excluding tert-OH is 2. The Morgan fingerprint density at radius 3 is 2.59 bits per heavy atom. The summed E-state index contributed by atoms with van der Waals surface area (Å²) in [6.45, 7) is -0.391. The van der Waals surface area contributed by atoms with Gasteiger partial charge in [0, 0.05) is 36.6 Å². The van der Waals surface area contributed by atoms with Crippen LogP contribution in [0.4, 0.5) is 4.39 Å². The van der Waals surface area contributed by atoms with Gasteiger partial charge in [-0.15, -0.1) is 0 Å². The van der Waals surface area contributed by atoms with Crippen molar-refractivity contribution in [1.82, 2.24) is 5.32 Å². The predicted molar refractivity (Wildman–Crippen MR) is 109 cm³/mol. The average molecular weight is 446 g/mol. The summed E-state index contributed by atoms with van der Waals surface area (Å²) in [6, 6.07) is 3.32. The van der Waals surface area contributed by atoms with E-state index in [1.807, 2.05) is 0 Å². The third-order valence-electron chi connectivity index (χ3n) is 6.61. The second-order valence-corrected chi connectivity index (χ2v) is 8.38. The largest absolute Gasteiger partial charge is 0.508 e. The number of fused-ring (bicyclic) bond motifs is 3. The van der Waals surface area contributed by atoms with E-state index < -0.39 is 58.7 Å². The molecule has 32 heavy (non-hydrogen) atoms. The summed E-state index contributed by atoms with van der Waals surface area (Å²) in [5.41, 5.74) is 2.54. The Bertz CT molecular complexity index is 1110. The molecule has 3 aliphatic rings. The molecule has 7 N–H and O–H groups in total. The second-order valence-electron chi connectivity index (χ2n) is 8.38. The highest BCUT2D eigenvalue weighted by molar-refractivity contribution is 6.22. The number of aliphatic hydroxyl groups is 3. The number of rotatable bonds is 5. The fraction of sp³-hybridized carbons (Fsp3) is 0.409. The van der Waals surface area contributed by atoms with Crippen LogP contribution in [0.25, 0.3) is 5.76 Å². The number of amides is 1. The summed E-state index contributed by atoms with van der Waals surface area (Å²) >= 11 is 0. The molecular formula is C22H23FN2O7. The Hall–Kier alpha value is -3.24. The number of Topliss-reactive ketones (excluding diaryl/α,β-unsaturated/α-hetero) is 2. The number of hydrogen-bond acceptors (Lipinski definition) is 8. The van der Waals surface area contributed by atoms with Crippen LogP contribution in [0.15, 0.2) is 29.0 Å². The lowest BCUT2D eigenvalue weighted by atomic mass is 9.59. The third kappa shape index (κ3) is 3.01. The van der Waals surface area contributed by atoms with Gasteiger partial charge in [0.25, 0.3) is 5.91 Å². The number of primary amides is 1. The number of halogens is 1. The van der Waals surface area contributed by atoms with Gasteiger partial charge in [0.2, 0.25) is 5.78 Å². The molecule has 0 spiro atoms. The average Bonchev–Trinajstić information content (AvgIpc) is 2.72. The van der Waals surface area contributed by atoms with Gasteiger partial charge in [0.05, 0.1) is 5.56 Å². The molecule has 1 aromatic carbocycles. The zero-order valence-electron chi connectivity index (χ0n) is 17.0. The summed E-state index contributed by atoms with van der Waals surface area (Å²) in [7, 11) is 0. The van der Waals surface area contributed by atoms with E-state index in [1.54, 1.807) is 12.1 Å². The Morgan fingerprint density at radius 1 is 1.22 bits per heavy atom. The fourth-order valence-corrected chi connectivity index (χ4v) is 5.07. The molecule has 0 saturated heterocycles. The molecule has 0 bridgehead atoms. The van der Waals surface area contributed by atoms with Crippen molar-refractivity contribution in [2.75, 3.05) is 13.2 Å². The van der Waals surface area contributed by atoms with E-state index in [4.69, 9.17) is 5.73 Å². The molecule has 0 unspecified atom stereocenters. The standard InChI is InChI=1S/C22H23FN2O7/c23-3-4-25-8-10-2-1-9-5-11-6-12-7-13(26)16(21(24)31)20(30)22(12,32)19(29)15(11)18(28)14(9)17(10)27/h1-2,11-12,25,27-28,30,32H,3-8H2,(H2,24,31)/t11-,12-,22-/m0/s1. The fourth-order valence-electron chi connectivity index (χ4n) is 5.07. The molecule has 0 aliphatic heterocycles. The molecule has 0 aromatic heterocycles. The summed E-state index contributed by atoms with van der Waals surface area (Å²) in [6.07, 6.45) is -0.0178. The van der Waals surface area contributed by atoms with Gasteiger partial charge >= 0.3 is 0 Å². The predicted octanol–water partition coefficient (Wildman–Crippen LogP) is 0.483. The van der Waals surface area contributed by atoms with Gasteiger partial charge in [-0.25, -0.2) is 4.39 Å². The van der Waals surface area contributed by atoms with Crippen molar-refractivity contribution in [2.45, 2.75) is 31.4 Å². The maximum atomic E-state index is 13.4. The molecule has 1 aromatic rings. The van der Waals surface area contributed by atoms with Crippen LogP contribution in [0.1, 0.15) is 29.5 Å². The Morgan fingerprint density at radius 2 is 1.94 bits per heavy atom. The first kappa shape index (κ1) is 22.0. The molecule has 0 radical (unpaired) electrons. The van der Waals surface area contributed by atoms with Gasteiger partial charge in [-0.2, -0.15) is 0 Å². The van der Waals surface area contributed by atoms with Crippen molar-refractivity contribution >= 4 is 23.2 Å². The molecule has 1 amide bonds. The summed E-state index contributed by atoms with van der Waals surface area (Å²) in [4.78, 5) is 37.3. The lowest BCUT2D eigenvalue weighted by Crippen LogP contribution is -2.58. The SMILES string of the molecule is NC(=O)C1=C(O)[C@@]2(O)C(=O)C3=C(O)c4c(ccc(CNCCF)c4O)C[C@H]3C[C@H]2CC1=O. The molecule has 3 aliphatic carbocycles. The van der Waals surface area contributed by atoms with Crippen molar-refractivity contribution in [3.8, 4) is 5.75 Å². The second kappa shape index (κ2) is 7.72. The van der Waals surface area contributed by atoms with Crippen LogP contribution in [0.3, 0.4) is 0 Å². The maximum absolute atomic E-state index is 13.4. The molecule has 0 heterocycles. The van der Waals surface area contributed by atoms with Crippen LogP contribution in [-0.4, -0.2) is 56.7 Å². The smallest absolute Gasteiger partial charge is 0.255 e. The van der Waals surface area contributed by atoms with Crippen molar-refractivity contribution in [1.29, 1.82) is 0 Å². The minimum Gasteiger partial charge on any atom is -0.508 e. The number of hydrogen-bond donors (Lipinski definition) is 6. The first-order valence-electron chi connectivity index (χ1n) is 10.2. The number of alkyl halides is 1. The number of carbonyl (C=O) groups is 3. The molecule has 170 valence electrons. The molecule has 4 rings (SSSR count). The zero-order valence-corrected chi connectivity index (χ0v) is 17.0. The van der Waals surface area contributed by atoms with Crippen LogP contribution in [0.2, 0.25) is 0 Å². The molecule has 9 nitrogen and oxygen atoms in total. The van der Waals surface area contributed by atoms with E-state index in [0.29, 0.717) is 11.1 Å². The minimum absolute atomic E-state index is 0.0247. The molecule has 1 fully saturated rings. The van der Waals surface area contributed by atoms with Crippen molar-refractivity contribution in [3.63, 3.8) is 0 Å². The first-order valence-corrected chi connectivity index (χ1v) is 10.2. The molecular weight excluding hydrogens is 423 g/mol. The molecule has 3 atom stereocenters. The van der Waals surface area contributed by atoms with E-state index in [-0.39, 0.29) is 49.2 Å². The van der Waals surface area contributed by atoms with Crippen LogP contribution < -0.4 is 11.1 Å². The number of benzene rings is 1. The van der Waals surface area contributed by atoms with E-state index >= 15 is 0 Å².